The van der Waals surface area contributed by atoms with Crippen molar-refractivity contribution in [3.8, 4) is 6.07 Å². The molecule has 2 N–H and O–H groups in total. The van der Waals surface area contributed by atoms with Crippen LogP contribution in [0.3, 0.4) is 0 Å². The van der Waals surface area contributed by atoms with E-state index in [0.717, 1.165) is 16.8 Å². The van der Waals surface area contributed by atoms with Crippen molar-refractivity contribution in [3.63, 3.8) is 0 Å². The molecule has 2 aromatic rings. The molecule has 0 saturated carbocycles. The van der Waals surface area contributed by atoms with E-state index >= 15 is 0 Å². The van der Waals surface area contributed by atoms with Crippen LogP contribution in [-0.2, 0) is 4.74 Å². The first kappa shape index (κ1) is 18.2. The highest BCUT2D eigenvalue weighted by molar-refractivity contribution is 7.80. The number of hydrogen-bond acceptors (Lipinski definition) is 3. The average Bonchev–Trinajstić information content (AvgIpc) is 2.58. The minimum Gasteiger partial charge on any atom is -0.383 e. The number of halogens is 1. The topological polar surface area (TPSA) is 57.1 Å². The molecule has 2 aromatic carbocycles. The zero-order valence-corrected chi connectivity index (χ0v) is 14.8. The van der Waals surface area contributed by atoms with Gasteiger partial charge in [-0.3, -0.25) is 0 Å². The van der Waals surface area contributed by atoms with Gasteiger partial charge in [0.15, 0.2) is 5.11 Å². The van der Waals surface area contributed by atoms with Crippen molar-refractivity contribution in [1.82, 2.24) is 5.32 Å². The van der Waals surface area contributed by atoms with E-state index < -0.39 is 5.92 Å². The third-order valence-corrected chi connectivity index (χ3v) is 4.00. The van der Waals surface area contributed by atoms with E-state index in [0.29, 0.717) is 23.3 Å². The van der Waals surface area contributed by atoms with Gasteiger partial charge in [0.2, 0.25) is 0 Å². The molecule has 0 saturated heterocycles. The summed E-state index contributed by atoms with van der Waals surface area (Å²) in [7, 11) is 1.63. The average molecular weight is 360 g/mol. The lowest BCUT2D eigenvalue weighted by Crippen LogP contribution is -2.31. The number of anilines is 1. The molecular weight excluding hydrogens is 342 g/mol. The lowest BCUT2D eigenvalue weighted by atomic mass is 9.92. The van der Waals surface area contributed by atoms with Gasteiger partial charge in [0.05, 0.1) is 18.6 Å². The second-order valence-corrected chi connectivity index (χ2v) is 5.90. The van der Waals surface area contributed by atoms with Gasteiger partial charge in [-0.15, -0.1) is 0 Å². The zero-order chi connectivity index (χ0) is 17.4. The summed E-state index contributed by atoms with van der Waals surface area (Å²) in [5.74, 6) is -0.403. The number of methoxy groups -OCH3 is 1. The van der Waals surface area contributed by atoms with Crippen LogP contribution in [-0.4, -0.2) is 25.4 Å². The highest BCUT2D eigenvalue weighted by Crippen LogP contribution is 2.31. The van der Waals surface area contributed by atoms with Crippen molar-refractivity contribution >= 4 is 34.6 Å². The second kappa shape index (κ2) is 9.24. The predicted octanol–water partition coefficient (Wildman–Crippen LogP) is 3.93. The van der Waals surface area contributed by atoms with E-state index in [1.165, 1.54) is 0 Å². The molecule has 0 spiro atoms. The van der Waals surface area contributed by atoms with Gasteiger partial charge in [-0.05, 0) is 35.5 Å². The molecule has 0 amide bonds. The fraction of sp³-hybridized carbons (Fsp3) is 0.222. The highest BCUT2D eigenvalue weighted by atomic mass is 35.5. The Morgan fingerprint density at radius 3 is 2.67 bits per heavy atom. The fourth-order valence-corrected chi connectivity index (χ4v) is 2.76. The maximum absolute atomic E-state index is 9.53. The van der Waals surface area contributed by atoms with E-state index in [9.17, 15) is 5.26 Å². The summed E-state index contributed by atoms with van der Waals surface area (Å²) < 4.78 is 4.96. The van der Waals surface area contributed by atoms with Crippen molar-refractivity contribution in [2.24, 2.45) is 0 Å². The van der Waals surface area contributed by atoms with Crippen LogP contribution < -0.4 is 10.6 Å². The maximum Gasteiger partial charge on any atom is 0.170 e. The molecule has 1 atom stereocenters. The van der Waals surface area contributed by atoms with Gasteiger partial charge >= 0.3 is 0 Å². The largest absolute Gasteiger partial charge is 0.383 e. The molecule has 4 nitrogen and oxygen atoms in total. The van der Waals surface area contributed by atoms with Crippen LogP contribution in [0.2, 0.25) is 5.02 Å². The number of nitrogens with zero attached hydrogens (tertiary/aromatic N) is 1. The number of nitrogens with one attached hydrogen (secondary N) is 2. The van der Waals surface area contributed by atoms with E-state index in [1.54, 1.807) is 13.2 Å². The lowest BCUT2D eigenvalue weighted by Gasteiger charge is -2.14. The first-order valence-corrected chi connectivity index (χ1v) is 8.22. The van der Waals surface area contributed by atoms with Crippen molar-refractivity contribution in [1.29, 1.82) is 5.26 Å². The SMILES string of the molecule is COCCNC(=S)Nc1ccc([C@H](C#N)c2ccccc2)c(Cl)c1. The molecule has 124 valence electrons. The summed E-state index contributed by atoms with van der Waals surface area (Å²) >= 11 is 11.6. The van der Waals surface area contributed by atoms with Crippen LogP contribution >= 0.6 is 23.8 Å². The number of benzene rings is 2. The van der Waals surface area contributed by atoms with E-state index in [2.05, 4.69) is 16.7 Å². The first-order chi connectivity index (χ1) is 11.7. The van der Waals surface area contributed by atoms with Gasteiger partial charge in [-0.2, -0.15) is 5.26 Å². The fourth-order valence-electron chi connectivity index (χ4n) is 2.25. The summed E-state index contributed by atoms with van der Waals surface area (Å²) in [6.07, 6.45) is 0. The molecule has 0 bridgehead atoms. The molecule has 0 aromatic heterocycles. The molecule has 24 heavy (non-hydrogen) atoms. The maximum atomic E-state index is 9.53. The normalized spacial score (nSPS) is 11.4. The minimum absolute atomic E-state index is 0.403. The Kier molecular flexibility index (Phi) is 7.01. The molecule has 2 rings (SSSR count). The summed E-state index contributed by atoms with van der Waals surface area (Å²) in [6.45, 7) is 1.20. The Hall–Kier alpha value is -2.13. The van der Waals surface area contributed by atoms with Crippen LogP contribution in [0.15, 0.2) is 48.5 Å². The van der Waals surface area contributed by atoms with Gasteiger partial charge in [-0.25, -0.2) is 0 Å². The van der Waals surface area contributed by atoms with Gasteiger partial charge in [-0.1, -0.05) is 48.0 Å². The second-order valence-electron chi connectivity index (χ2n) is 5.08. The van der Waals surface area contributed by atoms with Gasteiger partial charge in [0, 0.05) is 24.4 Å². The molecule has 0 aliphatic carbocycles. The Morgan fingerprint density at radius 2 is 2.04 bits per heavy atom. The van der Waals surface area contributed by atoms with Crippen molar-refractivity contribution < 1.29 is 4.74 Å². The Balaban J connectivity index is 2.12. The molecule has 0 heterocycles. The highest BCUT2D eigenvalue weighted by Gasteiger charge is 2.16. The number of nitriles is 1. The third kappa shape index (κ3) is 4.93. The number of ether oxygens (including phenoxy) is 1. The standard InChI is InChI=1S/C18H18ClN3OS/c1-23-10-9-21-18(24)22-14-7-8-15(17(19)11-14)16(12-20)13-5-3-2-4-6-13/h2-8,11,16H,9-10H2,1H3,(H2,21,22,24)/t16-/m1/s1. The summed E-state index contributed by atoms with van der Waals surface area (Å²) in [5.41, 5.74) is 2.46. The summed E-state index contributed by atoms with van der Waals surface area (Å²) in [6, 6.07) is 17.4. The molecule has 0 unspecified atom stereocenters. The van der Waals surface area contributed by atoms with Crippen LogP contribution in [0.25, 0.3) is 0 Å². The smallest absolute Gasteiger partial charge is 0.170 e. The lowest BCUT2D eigenvalue weighted by molar-refractivity contribution is 0.204. The van der Waals surface area contributed by atoms with Gasteiger partial charge in [0.25, 0.3) is 0 Å². The van der Waals surface area contributed by atoms with Gasteiger partial charge in [0.1, 0.15) is 0 Å². The summed E-state index contributed by atoms with van der Waals surface area (Å²) in [4.78, 5) is 0. The minimum atomic E-state index is -0.403. The molecular formula is C18H18ClN3OS. The van der Waals surface area contributed by atoms with Crippen LogP contribution in [0.5, 0.6) is 0 Å². The molecule has 6 heteroatoms. The monoisotopic (exact) mass is 359 g/mol. The number of thiocarbonyl (C=S) groups is 1. The van der Waals surface area contributed by atoms with Crippen molar-refractivity contribution in [3.05, 3.63) is 64.7 Å². The van der Waals surface area contributed by atoms with Gasteiger partial charge < -0.3 is 15.4 Å². The van der Waals surface area contributed by atoms with Crippen molar-refractivity contribution in [2.75, 3.05) is 25.6 Å². The molecule has 0 aliphatic rings. The molecule has 0 radical (unpaired) electrons. The molecule has 0 aliphatic heterocycles. The third-order valence-electron chi connectivity index (χ3n) is 3.42. The predicted molar refractivity (Wildman–Crippen MR) is 101 cm³/mol. The first-order valence-electron chi connectivity index (χ1n) is 7.43. The zero-order valence-electron chi connectivity index (χ0n) is 13.3. The molecule has 0 fully saturated rings. The van der Waals surface area contributed by atoms with Crippen LogP contribution in [0, 0.1) is 11.3 Å². The Morgan fingerprint density at radius 1 is 1.29 bits per heavy atom. The number of hydrogen-bond donors (Lipinski definition) is 2. The van der Waals surface area contributed by atoms with Crippen LogP contribution in [0.1, 0.15) is 17.0 Å². The van der Waals surface area contributed by atoms with Crippen LogP contribution in [0.4, 0.5) is 5.69 Å². The number of rotatable bonds is 6. The van der Waals surface area contributed by atoms with E-state index in [-0.39, 0.29) is 0 Å². The van der Waals surface area contributed by atoms with E-state index in [4.69, 9.17) is 28.6 Å². The Bertz CT molecular complexity index is 731. The summed E-state index contributed by atoms with van der Waals surface area (Å²) in [5, 5.41) is 16.6. The van der Waals surface area contributed by atoms with E-state index in [1.807, 2.05) is 42.5 Å². The quantitative estimate of drug-likeness (QED) is 0.604. The Labute approximate surface area is 152 Å². The van der Waals surface area contributed by atoms with Crippen molar-refractivity contribution in [2.45, 2.75) is 5.92 Å².